The predicted octanol–water partition coefficient (Wildman–Crippen LogP) is 3.86. The van der Waals surface area contributed by atoms with Crippen LogP contribution in [-0.4, -0.2) is 35.9 Å². The number of halogens is 3. The molecule has 0 aromatic heterocycles. The first kappa shape index (κ1) is 19.2. The maximum absolute atomic E-state index is 12.9. The zero-order chi connectivity index (χ0) is 18.6. The summed E-state index contributed by atoms with van der Waals surface area (Å²) in [5, 5.41) is 14.9. The lowest BCUT2D eigenvalue weighted by atomic mass is 9.73. The van der Waals surface area contributed by atoms with Crippen LogP contribution in [0.2, 0.25) is 10.0 Å². The van der Waals surface area contributed by atoms with Gasteiger partial charge in [-0.05, 0) is 62.3 Å². The minimum atomic E-state index is -1.58. The maximum atomic E-state index is 12.9. The van der Waals surface area contributed by atoms with Crippen molar-refractivity contribution in [2.45, 2.75) is 62.2 Å². The number of aryl methyl sites for hydroxylation is 1. The second kappa shape index (κ2) is 6.58. The highest BCUT2D eigenvalue weighted by Crippen LogP contribution is 2.51. The van der Waals surface area contributed by atoms with Gasteiger partial charge in [-0.3, -0.25) is 4.79 Å². The zero-order valence-electron chi connectivity index (χ0n) is 14.5. The molecule has 7 heteroatoms. The Bertz CT molecular complexity index is 716. The number of hydrogen-bond donors (Lipinski definition) is 2. The molecule has 1 aliphatic carbocycles. The van der Waals surface area contributed by atoms with Crippen molar-refractivity contribution in [3.05, 3.63) is 32.8 Å². The van der Waals surface area contributed by atoms with Crippen molar-refractivity contribution in [2.75, 3.05) is 7.11 Å². The molecule has 1 saturated carbocycles. The third kappa shape index (κ3) is 2.78. The average Bonchev–Trinajstić information content (AvgIpc) is 2.75. The summed E-state index contributed by atoms with van der Waals surface area (Å²) in [5.74, 6) is -0.387. The van der Waals surface area contributed by atoms with Crippen molar-refractivity contribution >= 4 is 40.7 Å². The summed E-state index contributed by atoms with van der Waals surface area (Å²) in [6, 6.07) is 1.68. The van der Waals surface area contributed by atoms with E-state index in [9.17, 15) is 9.90 Å². The third-order valence-electron chi connectivity index (χ3n) is 5.77. The number of methoxy groups -OCH3 is 1. The van der Waals surface area contributed by atoms with Gasteiger partial charge in [0, 0.05) is 7.11 Å². The van der Waals surface area contributed by atoms with Crippen LogP contribution >= 0.6 is 34.8 Å². The smallest absolute Gasteiger partial charge is 0.249 e. The molecule has 1 aromatic rings. The van der Waals surface area contributed by atoms with Gasteiger partial charge in [0.05, 0.1) is 21.7 Å². The molecule has 1 heterocycles. The quantitative estimate of drug-likeness (QED) is 0.733. The Morgan fingerprint density at radius 2 is 1.88 bits per heavy atom. The Kier molecular flexibility index (Phi) is 5.06. The summed E-state index contributed by atoms with van der Waals surface area (Å²) in [4.78, 5) is 11.3. The molecule has 2 unspecified atom stereocenters. The molecule has 2 fully saturated rings. The fourth-order valence-electron chi connectivity index (χ4n) is 4.35. The molecular formula is C18H22Cl3NO3. The Morgan fingerprint density at radius 1 is 1.28 bits per heavy atom. The lowest BCUT2D eigenvalue weighted by Gasteiger charge is -2.40. The topological polar surface area (TPSA) is 58.6 Å². The van der Waals surface area contributed by atoms with Crippen LogP contribution in [0.1, 0.15) is 42.4 Å². The van der Waals surface area contributed by atoms with Gasteiger partial charge in [0.15, 0.2) is 4.87 Å². The fraction of sp³-hybridized carbons (Fsp3) is 0.611. The van der Waals surface area contributed by atoms with Crippen LogP contribution < -0.4 is 5.32 Å². The highest BCUT2D eigenvalue weighted by molar-refractivity contribution is 6.43. The van der Waals surface area contributed by atoms with Crippen molar-refractivity contribution < 1.29 is 14.6 Å². The third-order valence-corrected chi connectivity index (χ3v) is 7.22. The predicted molar refractivity (Wildman–Crippen MR) is 99.6 cm³/mol. The first-order chi connectivity index (χ1) is 11.7. The molecule has 138 valence electrons. The van der Waals surface area contributed by atoms with Gasteiger partial charge >= 0.3 is 0 Å². The Balaban J connectivity index is 2.06. The van der Waals surface area contributed by atoms with E-state index in [2.05, 4.69) is 5.32 Å². The molecule has 0 radical (unpaired) electrons. The Labute approximate surface area is 162 Å². The van der Waals surface area contributed by atoms with Crippen LogP contribution in [-0.2, 0) is 14.4 Å². The van der Waals surface area contributed by atoms with E-state index in [0.717, 1.165) is 18.4 Å². The highest BCUT2D eigenvalue weighted by atomic mass is 35.5. The second-order valence-electron chi connectivity index (χ2n) is 7.15. The van der Waals surface area contributed by atoms with E-state index in [1.54, 1.807) is 20.1 Å². The molecule has 1 saturated heterocycles. The summed E-state index contributed by atoms with van der Waals surface area (Å²) in [5.41, 5.74) is 1.16. The van der Waals surface area contributed by atoms with Crippen LogP contribution in [0.4, 0.5) is 0 Å². The number of amides is 1. The van der Waals surface area contributed by atoms with Gasteiger partial charge in [-0.25, -0.2) is 0 Å². The standard InChI is InChI=1S/C18H22Cl3NO3/c1-9-8-12(19)14(20)10(2)13(9)18(21)15(23)17(22-16(18)24)6-4-11(25-3)5-7-17/h8,11,15,23H,4-7H2,1-3H3,(H,22,24). The van der Waals surface area contributed by atoms with E-state index in [0.29, 0.717) is 34.0 Å². The first-order valence-corrected chi connectivity index (χ1v) is 9.49. The van der Waals surface area contributed by atoms with E-state index in [-0.39, 0.29) is 12.0 Å². The van der Waals surface area contributed by atoms with Gasteiger partial charge < -0.3 is 15.2 Å². The molecule has 3 rings (SSSR count). The highest BCUT2D eigenvalue weighted by Gasteiger charge is 2.63. The van der Waals surface area contributed by atoms with Gasteiger partial charge in [-0.1, -0.05) is 23.2 Å². The van der Waals surface area contributed by atoms with Crippen molar-refractivity contribution in [2.24, 2.45) is 0 Å². The van der Waals surface area contributed by atoms with Crippen molar-refractivity contribution in [1.29, 1.82) is 0 Å². The van der Waals surface area contributed by atoms with E-state index in [4.69, 9.17) is 39.5 Å². The normalized spacial score (nSPS) is 35.2. The van der Waals surface area contributed by atoms with Crippen molar-refractivity contribution in [1.82, 2.24) is 5.32 Å². The summed E-state index contributed by atoms with van der Waals surface area (Å²) in [7, 11) is 1.68. The molecule has 1 aromatic carbocycles. The second-order valence-corrected chi connectivity index (χ2v) is 8.53. The average molecular weight is 407 g/mol. The van der Waals surface area contributed by atoms with Crippen molar-refractivity contribution in [3.63, 3.8) is 0 Å². The largest absolute Gasteiger partial charge is 0.388 e. The van der Waals surface area contributed by atoms with Gasteiger partial charge in [0.1, 0.15) is 6.10 Å². The minimum absolute atomic E-state index is 0.147. The molecule has 4 nitrogen and oxygen atoms in total. The van der Waals surface area contributed by atoms with Crippen LogP contribution in [0.3, 0.4) is 0 Å². The number of rotatable bonds is 2. The number of carbonyl (C=O) groups excluding carboxylic acids is 1. The van der Waals surface area contributed by atoms with E-state index in [1.165, 1.54) is 0 Å². The molecular weight excluding hydrogens is 385 g/mol. The molecule has 1 aliphatic heterocycles. The zero-order valence-corrected chi connectivity index (χ0v) is 16.7. The van der Waals surface area contributed by atoms with Crippen molar-refractivity contribution in [3.8, 4) is 0 Å². The minimum Gasteiger partial charge on any atom is -0.388 e. The number of aliphatic hydroxyl groups is 1. The monoisotopic (exact) mass is 405 g/mol. The number of nitrogens with one attached hydrogen (secondary N) is 1. The summed E-state index contributed by atoms with van der Waals surface area (Å²) in [6.07, 6.45) is 1.84. The number of ether oxygens (including phenoxy) is 1. The number of hydrogen-bond acceptors (Lipinski definition) is 3. The van der Waals surface area contributed by atoms with E-state index < -0.39 is 16.5 Å². The first-order valence-electron chi connectivity index (χ1n) is 8.35. The van der Waals surface area contributed by atoms with E-state index in [1.807, 2.05) is 6.92 Å². The van der Waals surface area contributed by atoms with Crippen LogP contribution in [0.15, 0.2) is 6.07 Å². The van der Waals surface area contributed by atoms with E-state index >= 15 is 0 Å². The summed E-state index contributed by atoms with van der Waals surface area (Å²) >= 11 is 19.3. The van der Waals surface area contributed by atoms with Gasteiger partial charge in [-0.2, -0.15) is 0 Å². The Morgan fingerprint density at radius 3 is 2.44 bits per heavy atom. The Hall–Kier alpha value is -0.520. The number of carbonyl (C=O) groups is 1. The molecule has 2 aliphatic rings. The molecule has 2 N–H and O–H groups in total. The molecule has 1 spiro atoms. The summed E-state index contributed by atoms with van der Waals surface area (Å²) in [6.45, 7) is 3.59. The number of aliphatic hydroxyl groups excluding tert-OH is 1. The van der Waals surface area contributed by atoms with Gasteiger partial charge in [0.2, 0.25) is 5.91 Å². The molecule has 2 atom stereocenters. The summed E-state index contributed by atoms with van der Waals surface area (Å²) < 4.78 is 5.40. The number of benzene rings is 1. The molecule has 25 heavy (non-hydrogen) atoms. The van der Waals surface area contributed by atoms with Gasteiger partial charge in [-0.15, -0.1) is 11.6 Å². The fourth-order valence-corrected chi connectivity index (χ4v) is 5.35. The van der Waals surface area contributed by atoms with Gasteiger partial charge in [0.25, 0.3) is 0 Å². The number of alkyl halides is 1. The molecule has 1 amide bonds. The lowest BCUT2D eigenvalue weighted by Crippen LogP contribution is -2.53. The molecule has 0 bridgehead atoms. The SMILES string of the molecule is COC1CCC2(CC1)NC(=O)C(Cl)(c1c(C)cc(Cl)c(Cl)c1C)C2O. The lowest BCUT2D eigenvalue weighted by molar-refractivity contribution is -0.122. The van der Waals surface area contributed by atoms with Crippen LogP contribution in [0.5, 0.6) is 0 Å². The maximum Gasteiger partial charge on any atom is 0.249 e. The van der Waals surface area contributed by atoms with Crippen LogP contribution in [0.25, 0.3) is 0 Å². The van der Waals surface area contributed by atoms with Crippen LogP contribution in [0, 0.1) is 13.8 Å².